The minimum Gasteiger partial charge on any atom is -0.381 e. The predicted molar refractivity (Wildman–Crippen MR) is 44.6 cm³/mol. The number of hydrogen-bond acceptors (Lipinski definition) is 3. The summed E-state index contributed by atoms with van der Waals surface area (Å²) in [6.45, 7) is 3.72. The van der Waals surface area contributed by atoms with Crippen molar-refractivity contribution in [3.63, 3.8) is 0 Å². The Bertz CT molecular complexity index is 164. The summed E-state index contributed by atoms with van der Waals surface area (Å²) in [5, 5.41) is 10.2. The van der Waals surface area contributed by atoms with Crippen LogP contribution in [0.2, 0.25) is 0 Å². The molecular formula is C8H15NO3. The van der Waals surface area contributed by atoms with Gasteiger partial charge in [-0.15, -0.1) is 0 Å². The third kappa shape index (κ3) is 2.77. The quantitative estimate of drug-likeness (QED) is 0.479. The van der Waals surface area contributed by atoms with Crippen LogP contribution in [-0.4, -0.2) is 24.7 Å². The van der Waals surface area contributed by atoms with E-state index < -0.39 is 0 Å². The molecule has 1 rings (SSSR count). The smallest absolute Gasteiger partial charge is 0.204 e. The molecule has 1 heterocycles. The molecule has 1 aliphatic rings. The Balaban J connectivity index is 2.31. The first-order valence-electron chi connectivity index (χ1n) is 4.32. The number of hydrogen-bond donors (Lipinski definition) is 0. The second kappa shape index (κ2) is 3.85. The first-order valence-corrected chi connectivity index (χ1v) is 4.32. The minimum absolute atomic E-state index is 0.0937. The molecule has 1 aliphatic heterocycles. The van der Waals surface area contributed by atoms with Gasteiger partial charge in [-0.2, -0.15) is 0 Å². The highest BCUT2D eigenvalue weighted by Crippen LogP contribution is 2.32. The van der Waals surface area contributed by atoms with Crippen LogP contribution >= 0.6 is 0 Å². The lowest BCUT2D eigenvalue weighted by Crippen LogP contribution is -2.28. The molecular weight excluding hydrogens is 158 g/mol. The molecule has 4 heteroatoms. The molecule has 0 amide bonds. The van der Waals surface area contributed by atoms with Gasteiger partial charge in [0.05, 0.1) is 0 Å². The fourth-order valence-corrected chi connectivity index (χ4v) is 1.48. The third-order valence-electron chi connectivity index (χ3n) is 2.60. The molecule has 0 spiro atoms. The van der Waals surface area contributed by atoms with Crippen molar-refractivity contribution in [2.45, 2.75) is 26.2 Å². The summed E-state index contributed by atoms with van der Waals surface area (Å²) < 4.78 is 5.20. The van der Waals surface area contributed by atoms with Crippen molar-refractivity contribution in [3.05, 3.63) is 10.1 Å². The summed E-state index contributed by atoms with van der Waals surface area (Å²) in [5.41, 5.74) is 0.144. The van der Waals surface area contributed by atoms with Crippen LogP contribution in [-0.2, 0) is 4.74 Å². The van der Waals surface area contributed by atoms with E-state index in [0.29, 0.717) is 6.42 Å². The zero-order chi connectivity index (χ0) is 9.03. The largest absolute Gasteiger partial charge is 0.381 e. The van der Waals surface area contributed by atoms with E-state index in [-0.39, 0.29) is 16.9 Å². The van der Waals surface area contributed by atoms with Crippen molar-refractivity contribution in [1.29, 1.82) is 0 Å². The van der Waals surface area contributed by atoms with E-state index in [4.69, 9.17) is 4.74 Å². The molecule has 0 atom stereocenters. The lowest BCUT2D eigenvalue weighted by Gasteiger charge is -2.32. The van der Waals surface area contributed by atoms with E-state index in [1.807, 2.05) is 0 Å². The Hall–Kier alpha value is -0.640. The molecule has 4 nitrogen and oxygen atoms in total. The summed E-state index contributed by atoms with van der Waals surface area (Å²) in [4.78, 5) is 9.92. The lowest BCUT2D eigenvalue weighted by atomic mass is 9.79. The maximum absolute atomic E-state index is 10.2. The molecule has 1 fully saturated rings. The van der Waals surface area contributed by atoms with Gasteiger partial charge in [0.1, 0.15) is 0 Å². The Morgan fingerprint density at radius 1 is 1.50 bits per heavy atom. The zero-order valence-corrected chi connectivity index (χ0v) is 7.41. The number of nitro groups is 1. The molecule has 0 N–H and O–H groups in total. The molecule has 12 heavy (non-hydrogen) atoms. The fraction of sp³-hybridized carbons (Fsp3) is 1.00. The normalized spacial score (nSPS) is 22.1. The van der Waals surface area contributed by atoms with E-state index in [1.165, 1.54) is 0 Å². The first-order chi connectivity index (χ1) is 5.62. The van der Waals surface area contributed by atoms with E-state index in [1.54, 1.807) is 0 Å². The van der Waals surface area contributed by atoms with Crippen LogP contribution in [0.5, 0.6) is 0 Å². The van der Waals surface area contributed by atoms with Gasteiger partial charge < -0.3 is 4.74 Å². The molecule has 0 saturated carbocycles. The number of nitrogens with zero attached hydrogens (tertiary/aromatic N) is 1. The maximum atomic E-state index is 10.2. The average molecular weight is 173 g/mol. The lowest BCUT2D eigenvalue weighted by molar-refractivity contribution is -0.483. The van der Waals surface area contributed by atoms with Crippen LogP contribution in [0.25, 0.3) is 0 Å². The van der Waals surface area contributed by atoms with E-state index in [9.17, 15) is 10.1 Å². The summed E-state index contributed by atoms with van der Waals surface area (Å²) in [5.74, 6) is 0. The highest BCUT2D eigenvalue weighted by atomic mass is 16.6. The zero-order valence-electron chi connectivity index (χ0n) is 7.41. The molecule has 0 aromatic carbocycles. The van der Waals surface area contributed by atoms with E-state index in [0.717, 1.165) is 26.1 Å². The van der Waals surface area contributed by atoms with E-state index in [2.05, 4.69) is 6.92 Å². The van der Waals surface area contributed by atoms with Crippen molar-refractivity contribution in [2.75, 3.05) is 19.8 Å². The Morgan fingerprint density at radius 2 is 2.08 bits per heavy atom. The van der Waals surface area contributed by atoms with Crippen LogP contribution in [0, 0.1) is 15.5 Å². The Labute approximate surface area is 72.1 Å². The molecule has 70 valence electrons. The molecule has 0 aliphatic carbocycles. The molecule has 1 saturated heterocycles. The van der Waals surface area contributed by atoms with Crippen LogP contribution in [0.15, 0.2) is 0 Å². The van der Waals surface area contributed by atoms with Gasteiger partial charge in [-0.25, -0.2) is 0 Å². The molecule has 0 aromatic heterocycles. The van der Waals surface area contributed by atoms with Gasteiger partial charge in [0, 0.05) is 24.6 Å². The standard InChI is InChI=1S/C8H15NO3/c1-8(2-5-9(10)11)3-6-12-7-4-8/h2-7H2,1H3. The molecule has 0 bridgehead atoms. The molecule has 0 unspecified atom stereocenters. The highest BCUT2D eigenvalue weighted by molar-refractivity contribution is 4.76. The second-order valence-electron chi connectivity index (χ2n) is 3.73. The van der Waals surface area contributed by atoms with Gasteiger partial charge in [0.2, 0.25) is 6.54 Å². The molecule has 0 aromatic rings. The average Bonchev–Trinajstić information content (AvgIpc) is 2.03. The van der Waals surface area contributed by atoms with Crippen LogP contribution in [0.1, 0.15) is 26.2 Å². The Morgan fingerprint density at radius 3 is 2.58 bits per heavy atom. The SMILES string of the molecule is CC1(CC[N+](=O)[O-])CCOCC1. The summed E-state index contributed by atoms with van der Waals surface area (Å²) in [6.07, 6.45) is 2.60. The summed E-state index contributed by atoms with van der Waals surface area (Å²) in [7, 11) is 0. The highest BCUT2D eigenvalue weighted by Gasteiger charge is 2.28. The summed E-state index contributed by atoms with van der Waals surface area (Å²) >= 11 is 0. The summed E-state index contributed by atoms with van der Waals surface area (Å²) in [6, 6.07) is 0. The third-order valence-corrected chi connectivity index (χ3v) is 2.60. The Kier molecular flexibility index (Phi) is 3.03. The van der Waals surface area contributed by atoms with Crippen molar-refractivity contribution in [3.8, 4) is 0 Å². The number of rotatable bonds is 3. The van der Waals surface area contributed by atoms with Crippen LogP contribution in [0.3, 0.4) is 0 Å². The maximum Gasteiger partial charge on any atom is 0.204 e. The van der Waals surface area contributed by atoms with Crippen molar-refractivity contribution in [2.24, 2.45) is 5.41 Å². The van der Waals surface area contributed by atoms with Crippen LogP contribution in [0.4, 0.5) is 0 Å². The second-order valence-corrected chi connectivity index (χ2v) is 3.73. The van der Waals surface area contributed by atoms with Gasteiger partial charge in [-0.3, -0.25) is 10.1 Å². The van der Waals surface area contributed by atoms with Gasteiger partial charge in [0.25, 0.3) is 0 Å². The van der Waals surface area contributed by atoms with Crippen molar-refractivity contribution < 1.29 is 9.66 Å². The van der Waals surface area contributed by atoms with Crippen molar-refractivity contribution in [1.82, 2.24) is 0 Å². The first kappa shape index (κ1) is 9.45. The molecule has 0 radical (unpaired) electrons. The monoisotopic (exact) mass is 173 g/mol. The van der Waals surface area contributed by atoms with Gasteiger partial charge in [-0.05, 0) is 18.3 Å². The number of ether oxygens (including phenoxy) is 1. The van der Waals surface area contributed by atoms with Crippen molar-refractivity contribution >= 4 is 0 Å². The van der Waals surface area contributed by atoms with Crippen LogP contribution < -0.4 is 0 Å². The van der Waals surface area contributed by atoms with Gasteiger partial charge >= 0.3 is 0 Å². The minimum atomic E-state index is -0.235. The van der Waals surface area contributed by atoms with Gasteiger partial charge in [0.15, 0.2) is 0 Å². The topological polar surface area (TPSA) is 52.4 Å². The predicted octanol–water partition coefficient (Wildman–Crippen LogP) is 1.47. The van der Waals surface area contributed by atoms with Gasteiger partial charge in [-0.1, -0.05) is 6.92 Å². The fourth-order valence-electron chi connectivity index (χ4n) is 1.48. The van der Waals surface area contributed by atoms with E-state index >= 15 is 0 Å².